The number of nitrogens with two attached hydrogens (primary N) is 1. The van der Waals surface area contributed by atoms with E-state index in [9.17, 15) is 4.39 Å². The maximum absolute atomic E-state index is 13.1. The number of hydrogen-bond donors (Lipinski definition) is 2. The first kappa shape index (κ1) is 12.2. The first-order valence-corrected chi connectivity index (χ1v) is 6.43. The van der Waals surface area contributed by atoms with Crippen LogP contribution in [0, 0.1) is 5.82 Å². The number of halogens is 2. The largest absolute Gasteiger partial charge is 0.397 e. The lowest BCUT2D eigenvalue weighted by Gasteiger charge is -2.09. The Morgan fingerprint density at radius 2 is 2.24 bits per heavy atom. The SMILES string of the molecule is Nc1cc(F)c(Cl)cc1NCCc1cccs1. The number of rotatable bonds is 4. The highest BCUT2D eigenvalue weighted by atomic mass is 35.5. The normalized spacial score (nSPS) is 10.5. The fraction of sp³-hybridized carbons (Fsp3) is 0.167. The van der Waals surface area contributed by atoms with Crippen LogP contribution < -0.4 is 11.1 Å². The number of nitrogens with one attached hydrogen (secondary N) is 1. The van der Waals surface area contributed by atoms with E-state index in [2.05, 4.69) is 11.4 Å². The predicted molar refractivity (Wildman–Crippen MR) is 72.3 cm³/mol. The van der Waals surface area contributed by atoms with Gasteiger partial charge < -0.3 is 11.1 Å². The van der Waals surface area contributed by atoms with Gasteiger partial charge in [0.05, 0.1) is 16.4 Å². The number of anilines is 2. The Hall–Kier alpha value is -1.26. The summed E-state index contributed by atoms with van der Waals surface area (Å²) in [6.07, 6.45) is 0.909. The molecule has 2 rings (SSSR count). The topological polar surface area (TPSA) is 38.0 Å². The molecule has 0 unspecified atom stereocenters. The Bertz CT molecular complexity index is 499. The second kappa shape index (κ2) is 5.38. The van der Waals surface area contributed by atoms with Gasteiger partial charge in [0.15, 0.2) is 0 Å². The molecular formula is C12H12ClFN2S. The summed E-state index contributed by atoms with van der Waals surface area (Å²) in [5, 5.41) is 5.27. The summed E-state index contributed by atoms with van der Waals surface area (Å²) in [5.41, 5.74) is 6.74. The van der Waals surface area contributed by atoms with E-state index in [0.29, 0.717) is 11.4 Å². The highest BCUT2D eigenvalue weighted by molar-refractivity contribution is 7.09. The monoisotopic (exact) mass is 270 g/mol. The van der Waals surface area contributed by atoms with Crippen LogP contribution in [0.5, 0.6) is 0 Å². The minimum absolute atomic E-state index is 0.0813. The Labute approximate surface area is 108 Å². The van der Waals surface area contributed by atoms with E-state index in [1.165, 1.54) is 17.0 Å². The molecule has 0 aliphatic heterocycles. The fourth-order valence-electron chi connectivity index (χ4n) is 1.49. The van der Waals surface area contributed by atoms with Crippen LogP contribution in [0.1, 0.15) is 4.88 Å². The minimum Gasteiger partial charge on any atom is -0.397 e. The van der Waals surface area contributed by atoms with Crippen LogP contribution in [0.3, 0.4) is 0 Å². The molecule has 0 saturated carbocycles. The molecule has 0 aliphatic rings. The van der Waals surface area contributed by atoms with Crippen molar-refractivity contribution in [3.8, 4) is 0 Å². The lowest BCUT2D eigenvalue weighted by Crippen LogP contribution is -2.06. The number of hydrogen-bond acceptors (Lipinski definition) is 3. The molecule has 0 bridgehead atoms. The lowest BCUT2D eigenvalue weighted by atomic mass is 10.2. The van der Waals surface area contributed by atoms with Gasteiger partial charge in [-0.25, -0.2) is 4.39 Å². The maximum Gasteiger partial charge on any atom is 0.143 e. The Morgan fingerprint density at radius 3 is 2.94 bits per heavy atom. The van der Waals surface area contributed by atoms with E-state index >= 15 is 0 Å². The Kier molecular flexibility index (Phi) is 3.86. The molecule has 0 fully saturated rings. The molecule has 0 aliphatic carbocycles. The highest BCUT2D eigenvalue weighted by Gasteiger charge is 2.05. The van der Waals surface area contributed by atoms with Crippen molar-refractivity contribution in [2.45, 2.75) is 6.42 Å². The number of benzene rings is 1. The van der Waals surface area contributed by atoms with Gasteiger partial charge in [-0.2, -0.15) is 0 Å². The molecule has 2 nitrogen and oxygen atoms in total. The zero-order valence-corrected chi connectivity index (χ0v) is 10.6. The summed E-state index contributed by atoms with van der Waals surface area (Å²) < 4.78 is 13.1. The second-order valence-corrected chi connectivity index (χ2v) is 5.05. The van der Waals surface area contributed by atoms with Crippen LogP contribution in [0.2, 0.25) is 5.02 Å². The molecule has 0 spiro atoms. The van der Waals surface area contributed by atoms with Gasteiger partial charge in [-0.1, -0.05) is 17.7 Å². The van der Waals surface area contributed by atoms with Crippen LogP contribution in [0.4, 0.5) is 15.8 Å². The molecule has 0 amide bonds. The van der Waals surface area contributed by atoms with Gasteiger partial charge in [0.2, 0.25) is 0 Å². The van der Waals surface area contributed by atoms with Gasteiger partial charge in [-0.15, -0.1) is 11.3 Å². The smallest absolute Gasteiger partial charge is 0.143 e. The maximum atomic E-state index is 13.1. The molecule has 3 N–H and O–H groups in total. The quantitative estimate of drug-likeness (QED) is 0.830. The molecule has 90 valence electrons. The molecule has 0 radical (unpaired) electrons. The van der Waals surface area contributed by atoms with E-state index in [0.717, 1.165) is 13.0 Å². The van der Waals surface area contributed by atoms with Gasteiger partial charge >= 0.3 is 0 Å². The van der Waals surface area contributed by atoms with E-state index in [-0.39, 0.29) is 5.02 Å². The van der Waals surface area contributed by atoms with Gasteiger partial charge in [0, 0.05) is 17.5 Å². The molecule has 1 aromatic carbocycles. The third-order valence-electron chi connectivity index (χ3n) is 2.36. The first-order valence-electron chi connectivity index (χ1n) is 5.17. The molecule has 1 heterocycles. The summed E-state index contributed by atoms with van der Waals surface area (Å²) in [7, 11) is 0. The molecular weight excluding hydrogens is 259 g/mol. The van der Waals surface area contributed by atoms with Crippen LogP contribution >= 0.6 is 22.9 Å². The van der Waals surface area contributed by atoms with Crippen LogP contribution in [-0.2, 0) is 6.42 Å². The first-order chi connectivity index (χ1) is 8.16. The molecule has 1 aromatic heterocycles. The molecule has 0 saturated heterocycles. The van der Waals surface area contributed by atoms with Crippen molar-refractivity contribution in [1.82, 2.24) is 0 Å². The molecule has 5 heteroatoms. The van der Waals surface area contributed by atoms with E-state index in [1.807, 2.05) is 11.4 Å². The Morgan fingerprint density at radius 1 is 1.41 bits per heavy atom. The predicted octanol–water partition coefficient (Wildman–Crippen LogP) is 3.78. The van der Waals surface area contributed by atoms with Gasteiger partial charge in [-0.3, -0.25) is 0 Å². The summed E-state index contributed by atoms with van der Waals surface area (Å²) in [4.78, 5) is 1.30. The second-order valence-electron chi connectivity index (χ2n) is 3.61. The number of thiophene rings is 1. The van der Waals surface area contributed by atoms with Gasteiger partial charge in [0.25, 0.3) is 0 Å². The number of nitrogen functional groups attached to an aromatic ring is 1. The summed E-state index contributed by atoms with van der Waals surface area (Å²) >= 11 is 7.41. The average molecular weight is 271 g/mol. The van der Waals surface area contributed by atoms with Crippen molar-refractivity contribution in [2.24, 2.45) is 0 Å². The van der Waals surface area contributed by atoms with Crippen molar-refractivity contribution >= 4 is 34.3 Å². The highest BCUT2D eigenvalue weighted by Crippen LogP contribution is 2.26. The third kappa shape index (κ3) is 3.11. The summed E-state index contributed by atoms with van der Waals surface area (Å²) in [5.74, 6) is -0.493. The summed E-state index contributed by atoms with van der Waals surface area (Å²) in [6, 6.07) is 6.84. The Balaban J connectivity index is 1.97. The van der Waals surface area contributed by atoms with Crippen molar-refractivity contribution in [2.75, 3.05) is 17.6 Å². The third-order valence-corrected chi connectivity index (χ3v) is 3.59. The molecule has 2 aromatic rings. The van der Waals surface area contributed by atoms with E-state index in [1.54, 1.807) is 11.3 Å². The van der Waals surface area contributed by atoms with Crippen LogP contribution in [-0.4, -0.2) is 6.54 Å². The minimum atomic E-state index is -0.493. The van der Waals surface area contributed by atoms with Crippen molar-refractivity contribution in [3.63, 3.8) is 0 Å². The lowest BCUT2D eigenvalue weighted by molar-refractivity contribution is 0.629. The zero-order valence-electron chi connectivity index (χ0n) is 9.04. The van der Waals surface area contributed by atoms with Gasteiger partial charge in [-0.05, 0) is 23.9 Å². The zero-order chi connectivity index (χ0) is 12.3. The fourth-order valence-corrected chi connectivity index (χ4v) is 2.36. The standard InChI is InChI=1S/C12H12ClFN2S/c13-9-6-12(11(15)7-10(9)14)16-4-3-8-2-1-5-17-8/h1-2,5-7,16H,3-4,15H2. The van der Waals surface area contributed by atoms with Crippen LogP contribution in [0.15, 0.2) is 29.6 Å². The van der Waals surface area contributed by atoms with Crippen molar-refractivity contribution < 1.29 is 4.39 Å². The van der Waals surface area contributed by atoms with Crippen LogP contribution in [0.25, 0.3) is 0 Å². The van der Waals surface area contributed by atoms with E-state index in [4.69, 9.17) is 17.3 Å². The van der Waals surface area contributed by atoms with E-state index < -0.39 is 5.82 Å². The van der Waals surface area contributed by atoms with Crippen molar-refractivity contribution in [1.29, 1.82) is 0 Å². The van der Waals surface area contributed by atoms with Crippen molar-refractivity contribution in [3.05, 3.63) is 45.4 Å². The average Bonchev–Trinajstić information content (AvgIpc) is 2.78. The summed E-state index contributed by atoms with van der Waals surface area (Å²) in [6.45, 7) is 0.743. The molecule has 0 atom stereocenters. The molecule has 17 heavy (non-hydrogen) atoms. The van der Waals surface area contributed by atoms with Gasteiger partial charge in [0.1, 0.15) is 5.82 Å².